The van der Waals surface area contributed by atoms with E-state index < -0.39 is 6.36 Å². The first-order valence-corrected chi connectivity index (χ1v) is 12.2. The first kappa shape index (κ1) is 24.8. The smallest absolute Gasteiger partial charge is 0.405 e. The second kappa shape index (κ2) is 8.41. The molecule has 1 N–H and O–H groups in total. The number of aryl methyl sites for hydroxylation is 1. The Morgan fingerprint density at radius 2 is 1.65 bits per heavy atom. The number of amides is 1. The molecule has 8 heteroatoms. The quantitative estimate of drug-likeness (QED) is 0.348. The highest BCUT2D eigenvalue weighted by molar-refractivity contribution is 8.26. The zero-order chi connectivity index (χ0) is 25.1. The van der Waals surface area contributed by atoms with Crippen molar-refractivity contribution in [1.82, 2.24) is 5.32 Å². The van der Waals surface area contributed by atoms with E-state index in [0.717, 1.165) is 35.7 Å². The molecule has 3 nitrogen and oxygen atoms in total. The Morgan fingerprint density at radius 1 is 1.03 bits per heavy atom. The molecule has 1 heterocycles. The third-order valence-corrected chi connectivity index (χ3v) is 7.82. The summed E-state index contributed by atoms with van der Waals surface area (Å²) in [7, 11) is 0. The SMILES string of the molecule is Cc1cc2c(cc1-c1cc(/C=C3\SC(=S)NC3=O)ccc1OC(F)(F)F)C(C)(C)CCC2(C)C. The van der Waals surface area contributed by atoms with Crippen LogP contribution in [0.1, 0.15) is 62.8 Å². The number of benzene rings is 2. The third-order valence-electron chi connectivity index (χ3n) is 6.66. The number of alkyl halides is 3. The van der Waals surface area contributed by atoms with Crippen LogP contribution < -0.4 is 10.1 Å². The number of thioether (sulfide) groups is 1. The van der Waals surface area contributed by atoms with E-state index in [-0.39, 0.29) is 22.5 Å². The van der Waals surface area contributed by atoms with Crippen molar-refractivity contribution in [3.8, 4) is 16.9 Å². The maximum atomic E-state index is 13.3. The number of halogens is 3. The van der Waals surface area contributed by atoms with Gasteiger partial charge in [0.1, 0.15) is 10.1 Å². The molecular formula is C26H26F3NO2S2. The van der Waals surface area contributed by atoms with Gasteiger partial charge in [0, 0.05) is 5.56 Å². The Labute approximate surface area is 207 Å². The van der Waals surface area contributed by atoms with E-state index in [9.17, 15) is 18.0 Å². The summed E-state index contributed by atoms with van der Waals surface area (Å²) >= 11 is 6.16. The number of ether oxygens (including phenoxy) is 1. The van der Waals surface area contributed by atoms with Crippen molar-refractivity contribution in [2.75, 3.05) is 0 Å². The maximum Gasteiger partial charge on any atom is 0.573 e. The van der Waals surface area contributed by atoms with Crippen molar-refractivity contribution < 1.29 is 22.7 Å². The fourth-order valence-electron chi connectivity index (χ4n) is 4.65. The summed E-state index contributed by atoms with van der Waals surface area (Å²) in [5.74, 6) is -0.592. The van der Waals surface area contributed by atoms with Crippen LogP contribution in [0.15, 0.2) is 35.2 Å². The molecule has 34 heavy (non-hydrogen) atoms. The van der Waals surface area contributed by atoms with Gasteiger partial charge in [-0.05, 0) is 82.7 Å². The van der Waals surface area contributed by atoms with Gasteiger partial charge in [0.15, 0.2) is 0 Å². The average Bonchev–Trinajstić information content (AvgIpc) is 3.02. The highest BCUT2D eigenvalue weighted by Gasteiger charge is 2.38. The lowest BCUT2D eigenvalue weighted by Crippen LogP contribution is -2.34. The second-order valence-electron chi connectivity index (χ2n) is 10.1. The minimum Gasteiger partial charge on any atom is -0.405 e. The zero-order valence-electron chi connectivity index (χ0n) is 19.6. The van der Waals surface area contributed by atoms with Crippen LogP contribution in [0.5, 0.6) is 5.75 Å². The summed E-state index contributed by atoms with van der Waals surface area (Å²) in [5, 5.41) is 2.55. The molecule has 2 aromatic rings. The maximum absolute atomic E-state index is 13.3. The molecule has 0 bridgehead atoms. The molecule has 0 atom stereocenters. The highest BCUT2D eigenvalue weighted by atomic mass is 32.2. The van der Waals surface area contributed by atoms with Crippen molar-refractivity contribution in [2.24, 2.45) is 0 Å². The zero-order valence-corrected chi connectivity index (χ0v) is 21.3. The predicted molar refractivity (Wildman–Crippen MR) is 135 cm³/mol. The molecular weight excluding hydrogens is 479 g/mol. The van der Waals surface area contributed by atoms with Gasteiger partial charge in [-0.15, -0.1) is 13.2 Å². The number of fused-ring (bicyclic) bond motifs is 1. The Bertz CT molecular complexity index is 1230. The summed E-state index contributed by atoms with van der Waals surface area (Å²) in [5.41, 5.74) is 4.72. The summed E-state index contributed by atoms with van der Waals surface area (Å²) in [6.07, 6.45) is -1.18. The summed E-state index contributed by atoms with van der Waals surface area (Å²) < 4.78 is 44.5. The number of carbonyl (C=O) groups excluding carboxylic acids is 1. The third kappa shape index (κ3) is 4.89. The summed E-state index contributed by atoms with van der Waals surface area (Å²) in [6.45, 7) is 10.7. The van der Waals surface area contributed by atoms with E-state index >= 15 is 0 Å². The van der Waals surface area contributed by atoms with Gasteiger partial charge < -0.3 is 10.1 Å². The van der Waals surface area contributed by atoms with Crippen LogP contribution in [0.3, 0.4) is 0 Å². The largest absolute Gasteiger partial charge is 0.573 e. The van der Waals surface area contributed by atoms with Crippen LogP contribution in [-0.4, -0.2) is 16.6 Å². The fraction of sp³-hybridized carbons (Fsp3) is 0.385. The van der Waals surface area contributed by atoms with E-state index in [4.69, 9.17) is 12.2 Å². The van der Waals surface area contributed by atoms with E-state index in [1.54, 1.807) is 12.1 Å². The van der Waals surface area contributed by atoms with Crippen LogP contribution in [0.4, 0.5) is 13.2 Å². The Morgan fingerprint density at radius 3 is 2.21 bits per heavy atom. The van der Waals surface area contributed by atoms with Gasteiger partial charge in [-0.25, -0.2) is 0 Å². The lowest BCUT2D eigenvalue weighted by atomic mass is 9.62. The fourth-order valence-corrected chi connectivity index (χ4v) is 5.69. The molecule has 1 aliphatic heterocycles. The molecule has 2 aromatic carbocycles. The lowest BCUT2D eigenvalue weighted by Gasteiger charge is -2.42. The second-order valence-corrected chi connectivity index (χ2v) is 11.9. The predicted octanol–water partition coefficient (Wildman–Crippen LogP) is 7.40. The molecule has 0 unspecified atom stereocenters. The Balaban J connectivity index is 1.91. The number of nitrogens with one attached hydrogen (secondary N) is 1. The van der Waals surface area contributed by atoms with Gasteiger partial charge >= 0.3 is 6.36 Å². The molecule has 4 rings (SSSR count). The number of rotatable bonds is 3. The van der Waals surface area contributed by atoms with Gasteiger partial charge in [-0.1, -0.05) is 63.8 Å². The number of hydrogen-bond donors (Lipinski definition) is 1. The van der Waals surface area contributed by atoms with E-state index in [0.29, 0.717) is 25.9 Å². The van der Waals surface area contributed by atoms with E-state index in [2.05, 4.69) is 43.8 Å². The Hall–Kier alpha value is -2.32. The first-order valence-electron chi connectivity index (χ1n) is 11.0. The molecule has 180 valence electrons. The first-order chi connectivity index (χ1) is 15.7. The molecule has 0 spiro atoms. The van der Waals surface area contributed by atoms with Crippen LogP contribution in [0.25, 0.3) is 17.2 Å². The van der Waals surface area contributed by atoms with Gasteiger partial charge in [0.05, 0.1) is 4.91 Å². The van der Waals surface area contributed by atoms with Crippen molar-refractivity contribution >= 4 is 40.3 Å². The van der Waals surface area contributed by atoms with Gasteiger partial charge in [-0.3, -0.25) is 4.79 Å². The summed E-state index contributed by atoms with van der Waals surface area (Å²) in [4.78, 5) is 12.5. The average molecular weight is 506 g/mol. The number of hydrogen-bond acceptors (Lipinski definition) is 4. The van der Waals surface area contributed by atoms with Gasteiger partial charge in [0.25, 0.3) is 5.91 Å². The van der Waals surface area contributed by atoms with Crippen molar-refractivity contribution in [3.63, 3.8) is 0 Å². The highest BCUT2D eigenvalue weighted by Crippen LogP contribution is 2.48. The molecule has 1 aliphatic carbocycles. The molecule has 0 aromatic heterocycles. The van der Waals surface area contributed by atoms with Crippen molar-refractivity contribution in [2.45, 2.75) is 64.7 Å². The summed E-state index contributed by atoms with van der Waals surface area (Å²) in [6, 6.07) is 8.57. The van der Waals surface area contributed by atoms with E-state index in [1.165, 1.54) is 17.7 Å². The normalized spacial score (nSPS) is 20.3. The molecule has 0 saturated carbocycles. The van der Waals surface area contributed by atoms with Gasteiger partial charge in [-0.2, -0.15) is 0 Å². The molecule has 2 aliphatic rings. The van der Waals surface area contributed by atoms with Crippen LogP contribution in [-0.2, 0) is 15.6 Å². The molecule has 1 fully saturated rings. The van der Waals surface area contributed by atoms with Gasteiger partial charge in [0.2, 0.25) is 0 Å². The number of thiocarbonyl (C=S) groups is 1. The van der Waals surface area contributed by atoms with Crippen LogP contribution in [0.2, 0.25) is 0 Å². The Kier molecular flexibility index (Phi) is 6.13. The standard InChI is InChI=1S/C26H26F3NO2S2/c1-14-10-18-19(25(4,5)9-8-24(18,2)3)13-16(14)17-11-15(6-7-20(17)32-26(27,28)29)12-21-22(31)30-23(33)34-21/h6-7,10-13H,8-9H2,1-5H3,(H,30,31,33)/b21-12-. The van der Waals surface area contributed by atoms with Crippen LogP contribution >= 0.6 is 24.0 Å². The monoisotopic (exact) mass is 505 g/mol. The lowest BCUT2D eigenvalue weighted by molar-refractivity contribution is -0.274. The van der Waals surface area contributed by atoms with Crippen LogP contribution in [0, 0.1) is 6.92 Å². The minimum absolute atomic E-state index is 0.0167. The van der Waals surface area contributed by atoms with Crippen molar-refractivity contribution in [3.05, 3.63) is 57.5 Å². The minimum atomic E-state index is -4.83. The molecule has 0 radical (unpaired) electrons. The number of carbonyl (C=O) groups is 1. The van der Waals surface area contributed by atoms with E-state index in [1.807, 2.05) is 13.0 Å². The van der Waals surface area contributed by atoms with Crippen molar-refractivity contribution in [1.29, 1.82) is 0 Å². The topological polar surface area (TPSA) is 38.3 Å². The molecule has 1 amide bonds. The molecule has 1 saturated heterocycles.